The average molecular weight is 285 g/mol. The van der Waals surface area contributed by atoms with Gasteiger partial charge in [-0.2, -0.15) is 0 Å². The number of nitrogen functional groups attached to an aromatic ring is 1. The summed E-state index contributed by atoms with van der Waals surface area (Å²) in [5, 5.41) is 2.68. The number of benzene rings is 2. The molecule has 6 heteroatoms. The Hall–Kier alpha value is -3.02. The fraction of sp³-hybridized carbons (Fsp3) is 0.0667. The topological polar surface area (TPSA) is 107 Å². The molecule has 0 fully saturated rings. The molecule has 0 aromatic heterocycles. The van der Waals surface area contributed by atoms with Gasteiger partial charge in [0.25, 0.3) is 5.91 Å². The first-order valence-corrected chi connectivity index (χ1v) is 6.16. The monoisotopic (exact) mass is 285 g/mol. The maximum atomic E-state index is 12.2. The maximum Gasteiger partial charge on any atom is 0.255 e. The standard InChI is InChI=1S/C15H15N3O3/c1-21-13-8-10(5-6-12(13)16)15(20)18-11-4-2-3-9(7-11)14(17)19/h2-8H,16H2,1H3,(H2,17,19)(H,18,20). The highest BCUT2D eigenvalue weighted by atomic mass is 16.5. The summed E-state index contributed by atoms with van der Waals surface area (Å²) >= 11 is 0. The molecular weight excluding hydrogens is 270 g/mol. The Bertz CT molecular complexity index is 698. The van der Waals surface area contributed by atoms with Crippen molar-refractivity contribution >= 4 is 23.2 Å². The van der Waals surface area contributed by atoms with Crippen LogP contribution in [0.4, 0.5) is 11.4 Å². The minimum Gasteiger partial charge on any atom is -0.495 e. The Labute approximate surface area is 121 Å². The van der Waals surface area contributed by atoms with Crippen molar-refractivity contribution < 1.29 is 14.3 Å². The lowest BCUT2D eigenvalue weighted by Crippen LogP contribution is -2.14. The maximum absolute atomic E-state index is 12.2. The third-order valence-electron chi connectivity index (χ3n) is 2.90. The van der Waals surface area contributed by atoms with Gasteiger partial charge < -0.3 is 21.5 Å². The van der Waals surface area contributed by atoms with Crippen LogP contribution in [0.15, 0.2) is 42.5 Å². The van der Waals surface area contributed by atoms with Crippen molar-refractivity contribution in [2.24, 2.45) is 5.73 Å². The van der Waals surface area contributed by atoms with Crippen LogP contribution in [0.25, 0.3) is 0 Å². The van der Waals surface area contributed by atoms with Gasteiger partial charge in [-0.25, -0.2) is 0 Å². The molecule has 0 heterocycles. The van der Waals surface area contributed by atoms with Crippen molar-refractivity contribution in [3.63, 3.8) is 0 Å². The number of rotatable bonds is 4. The highest BCUT2D eigenvalue weighted by Crippen LogP contribution is 2.22. The van der Waals surface area contributed by atoms with E-state index in [9.17, 15) is 9.59 Å². The fourth-order valence-electron chi connectivity index (χ4n) is 1.81. The van der Waals surface area contributed by atoms with Gasteiger partial charge in [-0.05, 0) is 36.4 Å². The van der Waals surface area contributed by atoms with E-state index in [2.05, 4.69) is 5.32 Å². The molecule has 0 aliphatic carbocycles. The number of amides is 2. The van der Waals surface area contributed by atoms with Gasteiger partial charge in [0.05, 0.1) is 12.8 Å². The largest absolute Gasteiger partial charge is 0.495 e. The number of hydrogen-bond donors (Lipinski definition) is 3. The lowest BCUT2D eigenvalue weighted by atomic mass is 10.1. The number of ether oxygens (including phenoxy) is 1. The number of carbonyl (C=O) groups is 2. The van der Waals surface area contributed by atoms with Crippen molar-refractivity contribution in [2.75, 3.05) is 18.2 Å². The van der Waals surface area contributed by atoms with Gasteiger partial charge in [0, 0.05) is 16.8 Å². The highest BCUT2D eigenvalue weighted by Gasteiger charge is 2.10. The van der Waals surface area contributed by atoms with Gasteiger partial charge in [-0.3, -0.25) is 9.59 Å². The van der Waals surface area contributed by atoms with Gasteiger partial charge in [0.15, 0.2) is 0 Å². The molecule has 21 heavy (non-hydrogen) atoms. The second-order valence-electron chi connectivity index (χ2n) is 4.36. The molecule has 0 saturated heterocycles. The van der Waals surface area contributed by atoms with Crippen LogP contribution in [-0.4, -0.2) is 18.9 Å². The van der Waals surface area contributed by atoms with E-state index in [1.165, 1.54) is 13.2 Å². The molecule has 0 aliphatic heterocycles. The first kappa shape index (κ1) is 14.4. The molecule has 0 spiro atoms. The summed E-state index contributed by atoms with van der Waals surface area (Å²) in [6.45, 7) is 0. The van der Waals surface area contributed by atoms with Gasteiger partial charge in [0.2, 0.25) is 5.91 Å². The summed E-state index contributed by atoms with van der Waals surface area (Å²) in [5.41, 5.74) is 12.5. The molecular formula is C15H15N3O3. The van der Waals surface area contributed by atoms with Gasteiger partial charge >= 0.3 is 0 Å². The molecule has 2 aromatic rings. The van der Waals surface area contributed by atoms with Crippen molar-refractivity contribution in [2.45, 2.75) is 0 Å². The van der Waals surface area contributed by atoms with E-state index in [0.717, 1.165) is 0 Å². The number of nitrogens with two attached hydrogens (primary N) is 2. The Morgan fingerprint density at radius 1 is 1.10 bits per heavy atom. The Morgan fingerprint density at radius 3 is 2.52 bits per heavy atom. The van der Waals surface area contributed by atoms with Crippen LogP contribution in [0.1, 0.15) is 20.7 Å². The van der Waals surface area contributed by atoms with E-state index < -0.39 is 5.91 Å². The van der Waals surface area contributed by atoms with Crippen LogP contribution in [0.3, 0.4) is 0 Å². The van der Waals surface area contributed by atoms with Crippen LogP contribution >= 0.6 is 0 Å². The zero-order valence-electron chi connectivity index (χ0n) is 11.4. The molecule has 0 bridgehead atoms. The predicted molar refractivity (Wildman–Crippen MR) is 80.3 cm³/mol. The summed E-state index contributed by atoms with van der Waals surface area (Å²) in [4.78, 5) is 23.3. The number of nitrogens with one attached hydrogen (secondary N) is 1. The first-order valence-electron chi connectivity index (χ1n) is 6.16. The molecule has 2 aromatic carbocycles. The lowest BCUT2D eigenvalue weighted by Gasteiger charge is -2.09. The highest BCUT2D eigenvalue weighted by molar-refractivity contribution is 6.05. The molecule has 108 valence electrons. The van der Waals surface area contributed by atoms with Gasteiger partial charge in [-0.1, -0.05) is 6.07 Å². The number of primary amides is 1. The first-order chi connectivity index (χ1) is 10.0. The van der Waals surface area contributed by atoms with E-state index in [-0.39, 0.29) is 5.91 Å². The number of methoxy groups -OCH3 is 1. The van der Waals surface area contributed by atoms with Crippen LogP contribution in [-0.2, 0) is 0 Å². The summed E-state index contributed by atoms with van der Waals surface area (Å²) in [6, 6.07) is 11.1. The quantitative estimate of drug-likeness (QED) is 0.742. The number of anilines is 2. The summed E-state index contributed by atoms with van der Waals surface area (Å²) < 4.78 is 5.07. The summed E-state index contributed by atoms with van der Waals surface area (Å²) in [6.07, 6.45) is 0. The van der Waals surface area contributed by atoms with Gasteiger partial charge in [-0.15, -0.1) is 0 Å². The fourth-order valence-corrected chi connectivity index (χ4v) is 1.81. The van der Waals surface area contributed by atoms with E-state index in [1.807, 2.05) is 0 Å². The Balaban J connectivity index is 2.22. The van der Waals surface area contributed by atoms with Crippen molar-refractivity contribution in [1.29, 1.82) is 0 Å². The average Bonchev–Trinajstić information content (AvgIpc) is 2.47. The predicted octanol–water partition coefficient (Wildman–Crippen LogP) is 1.63. The van der Waals surface area contributed by atoms with Crippen LogP contribution in [0.5, 0.6) is 5.75 Å². The van der Waals surface area contributed by atoms with Crippen molar-refractivity contribution in [1.82, 2.24) is 0 Å². The molecule has 0 unspecified atom stereocenters. The SMILES string of the molecule is COc1cc(C(=O)Nc2cccc(C(N)=O)c2)ccc1N. The second-order valence-corrected chi connectivity index (χ2v) is 4.36. The molecule has 0 aliphatic rings. The molecule has 0 atom stereocenters. The van der Waals surface area contributed by atoms with Crippen molar-refractivity contribution in [3.8, 4) is 5.75 Å². The van der Waals surface area contributed by atoms with Crippen molar-refractivity contribution in [3.05, 3.63) is 53.6 Å². The van der Waals surface area contributed by atoms with E-state index >= 15 is 0 Å². The smallest absolute Gasteiger partial charge is 0.255 e. The van der Waals surface area contributed by atoms with E-state index in [0.29, 0.717) is 28.3 Å². The summed E-state index contributed by atoms with van der Waals surface area (Å²) in [5.74, 6) is -0.469. The van der Waals surface area contributed by atoms with Crippen LogP contribution in [0, 0.1) is 0 Å². The minimum atomic E-state index is -0.555. The lowest BCUT2D eigenvalue weighted by molar-refractivity contribution is 0.0996. The Kier molecular flexibility index (Phi) is 4.08. The molecule has 0 saturated carbocycles. The number of carbonyl (C=O) groups excluding carboxylic acids is 2. The Morgan fingerprint density at radius 2 is 1.86 bits per heavy atom. The molecule has 2 rings (SSSR count). The molecule has 5 N–H and O–H groups in total. The normalized spacial score (nSPS) is 9.95. The van der Waals surface area contributed by atoms with Crippen LogP contribution in [0.2, 0.25) is 0 Å². The van der Waals surface area contributed by atoms with Crippen LogP contribution < -0.4 is 21.5 Å². The molecule has 2 amide bonds. The third-order valence-corrected chi connectivity index (χ3v) is 2.90. The third kappa shape index (κ3) is 3.30. The van der Waals surface area contributed by atoms with E-state index in [4.69, 9.17) is 16.2 Å². The number of hydrogen-bond acceptors (Lipinski definition) is 4. The summed E-state index contributed by atoms with van der Waals surface area (Å²) in [7, 11) is 1.48. The zero-order chi connectivity index (χ0) is 15.4. The van der Waals surface area contributed by atoms with E-state index in [1.54, 1.807) is 36.4 Å². The molecule has 6 nitrogen and oxygen atoms in total. The second kappa shape index (κ2) is 5.96. The minimum absolute atomic E-state index is 0.322. The van der Waals surface area contributed by atoms with Gasteiger partial charge in [0.1, 0.15) is 5.75 Å². The zero-order valence-corrected chi connectivity index (χ0v) is 11.4. The molecule has 0 radical (unpaired) electrons.